The summed E-state index contributed by atoms with van der Waals surface area (Å²) in [5, 5.41) is 4.06. The number of hydrogen-bond acceptors (Lipinski definition) is 3. The first kappa shape index (κ1) is 11.4. The third-order valence-corrected chi connectivity index (χ3v) is 2.73. The van der Waals surface area contributed by atoms with Crippen molar-refractivity contribution in [2.24, 2.45) is 7.05 Å². The predicted octanol–water partition coefficient (Wildman–Crippen LogP) is 2.05. The zero-order valence-corrected chi connectivity index (χ0v) is 9.86. The smallest absolute Gasteiger partial charge is 0.170 e. The van der Waals surface area contributed by atoms with Gasteiger partial charge in [0.2, 0.25) is 0 Å². The SMILES string of the molecule is Cc1ncc(-c2c(C)c(C=O)nn2C)cc1F. The van der Waals surface area contributed by atoms with Crippen LogP contribution in [0.2, 0.25) is 0 Å². The summed E-state index contributed by atoms with van der Waals surface area (Å²) in [6.45, 7) is 3.38. The van der Waals surface area contributed by atoms with Gasteiger partial charge in [0.05, 0.1) is 11.4 Å². The van der Waals surface area contributed by atoms with Gasteiger partial charge in [-0.25, -0.2) is 4.39 Å². The standard InChI is InChI=1S/C12H12FN3O/c1-7-11(6-17)15-16(3)12(7)9-4-10(13)8(2)14-5-9/h4-6H,1-3H3. The van der Waals surface area contributed by atoms with Gasteiger partial charge in [-0.15, -0.1) is 0 Å². The summed E-state index contributed by atoms with van der Waals surface area (Å²) in [4.78, 5) is 14.7. The Kier molecular flexibility index (Phi) is 2.75. The van der Waals surface area contributed by atoms with Gasteiger partial charge in [-0.2, -0.15) is 5.10 Å². The van der Waals surface area contributed by atoms with Crippen LogP contribution in [0.4, 0.5) is 4.39 Å². The molecule has 0 fully saturated rings. The molecule has 0 saturated heterocycles. The summed E-state index contributed by atoms with van der Waals surface area (Å²) >= 11 is 0. The molecule has 0 atom stereocenters. The number of nitrogens with zero attached hydrogens (tertiary/aromatic N) is 3. The molecule has 0 aliphatic heterocycles. The van der Waals surface area contributed by atoms with Crippen LogP contribution in [0.15, 0.2) is 12.3 Å². The fraction of sp³-hybridized carbons (Fsp3) is 0.250. The maximum Gasteiger partial charge on any atom is 0.170 e. The summed E-state index contributed by atoms with van der Waals surface area (Å²) in [5.74, 6) is -0.365. The van der Waals surface area contributed by atoms with Crippen molar-refractivity contribution in [2.75, 3.05) is 0 Å². The largest absolute Gasteiger partial charge is 0.296 e. The second kappa shape index (κ2) is 4.08. The second-order valence-electron chi connectivity index (χ2n) is 3.89. The van der Waals surface area contributed by atoms with Gasteiger partial charge in [-0.1, -0.05) is 0 Å². The third-order valence-electron chi connectivity index (χ3n) is 2.73. The van der Waals surface area contributed by atoms with Crippen molar-refractivity contribution in [3.8, 4) is 11.3 Å². The molecule has 2 aromatic heterocycles. The van der Waals surface area contributed by atoms with Gasteiger partial charge in [-0.05, 0) is 19.9 Å². The van der Waals surface area contributed by atoms with E-state index in [9.17, 15) is 9.18 Å². The predicted molar refractivity (Wildman–Crippen MR) is 61.3 cm³/mol. The van der Waals surface area contributed by atoms with Crippen LogP contribution in [0.3, 0.4) is 0 Å². The van der Waals surface area contributed by atoms with Crippen molar-refractivity contribution in [1.29, 1.82) is 0 Å². The number of aryl methyl sites for hydroxylation is 2. The van der Waals surface area contributed by atoms with E-state index in [1.807, 2.05) is 0 Å². The molecule has 2 aromatic rings. The van der Waals surface area contributed by atoms with E-state index in [1.54, 1.807) is 31.8 Å². The van der Waals surface area contributed by atoms with Gasteiger partial charge in [0.15, 0.2) is 6.29 Å². The quantitative estimate of drug-likeness (QED) is 0.746. The normalized spacial score (nSPS) is 10.6. The van der Waals surface area contributed by atoms with Crippen LogP contribution in [0.5, 0.6) is 0 Å². The first-order chi connectivity index (χ1) is 8.04. The lowest BCUT2D eigenvalue weighted by molar-refractivity contribution is 0.111. The minimum absolute atomic E-state index is 0.351. The first-order valence-electron chi connectivity index (χ1n) is 5.16. The van der Waals surface area contributed by atoms with Gasteiger partial charge in [0.25, 0.3) is 0 Å². The minimum atomic E-state index is -0.365. The van der Waals surface area contributed by atoms with Gasteiger partial charge in [0.1, 0.15) is 11.5 Å². The molecule has 0 N–H and O–H groups in total. The van der Waals surface area contributed by atoms with Crippen molar-refractivity contribution in [3.63, 3.8) is 0 Å². The van der Waals surface area contributed by atoms with Crippen molar-refractivity contribution in [2.45, 2.75) is 13.8 Å². The number of aromatic nitrogens is 3. The van der Waals surface area contributed by atoms with Crippen LogP contribution < -0.4 is 0 Å². The maximum atomic E-state index is 13.5. The molecule has 0 spiro atoms. The van der Waals surface area contributed by atoms with Gasteiger partial charge < -0.3 is 0 Å². The Morgan fingerprint density at radius 3 is 2.65 bits per heavy atom. The molecule has 0 amide bonds. The number of halogens is 1. The second-order valence-corrected chi connectivity index (χ2v) is 3.89. The molecule has 0 aromatic carbocycles. The Labute approximate surface area is 98.1 Å². The average Bonchev–Trinajstić information content (AvgIpc) is 2.58. The monoisotopic (exact) mass is 233 g/mol. The Bertz CT molecular complexity index is 590. The number of carbonyl (C=O) groups excluding carboxylic acids is 1. The molecule has 0 aliphatic carbocycles. The fourth-order valence-electron chi connectivity index (χ4n) is 1.80. The van der Waals surface area contributed by atoms with E-state index >= 15 is 0 Å². The molecular weight excluding hydrogens is 221 g/mol. The topological polar surface area (TPSA) is 47.8 Å². The number of pyridine rings is 1. The fourth-order valence-corrected chi connectivity index (χ4v) is 1.80. The highest BCUT2D eigenvalue weighted by molar-refractivity contribution is 5.79. The summed E-state index contributed by atoms with van der Waals surface area (Å²) in [6, 6.07) is 1.40. The molecular formula is C12H12FN3O. The highest BCUT2D eigenvalue weighted by Gasteiger charge is 2.14. The van der Waals surface area contributed by atoms with Crippen LogP contribution in [0.1, 0.15) is 21.7 Å². The van der Waals surface area contributed by atoms with Crippen molar-refractivity contribution in [1.82, 2.24) is 14.8 Å². The summed E-state index contributed by atoms with van der Waals surface area (Å²) < 4.78 is 15.0. The zero-order chi connectivity index (χ0) is 12.6. The Hall–Kier alpha value is -2.04. The molecule has 0 saturated carbocycles. The van der Waals surface area contributed by atoms with E-state index in [2.05, 4.69) is 10.1 Å². The molecule has 0 aliphatic rings. The van der Waals surface area contributed by atoms with E-state index in [1.165, 1.54) is 6.07 Å². The molecule has 0 bridgehead atoms. The Morgan fingerprint density at radius 2 is 2.12 bits per heavy atom. The molecule has 2 rings (SSSR count). The molecule has 5 heteroatoms. The lowest BCUT2D eigenvalue weighted by Gasteiger charge is -2.04. The molecule has 17 heavy (non-hydrogen) atoms. The first-order valence-corrected chi connectivity index (χ1v) is 5.16. The van der Waals surface area contributed by atoms with Crippen LogP contribution >= 0.6 is 0 Å². The van der Waals surface area contributed by atoms with Crippen molar-refractivity contribution < 1.29 is 9.18 Å². The number of aldehydes is 1. The maximum absolute atomic E-state index is 13.5. The number of hydrogen-bond donors (Lipinski definition) is 0. The third kappa shape index (κ3) is 1.84. The van der Waals surface area contributed by atoms with Crippen LogP contribution in [-0.2, 0) is 7.05 Å². The lowest BCUT2D eigenvalue weighted by Crippen LogP contribution is -1.97. The van der Waals surface area contributed by atoms with E-state index in [-0.39, 0.29) is 5.82 Å². The minimum Gasteiger partial charge on any atom is -0.296 e. The number of carbonyl (C=O) groups is 1. The molecule has 0 radical (unpaired) electrons. The highest BCUT2D eigenvalue weighted by Crippen LogP contribution is 2.25. The van der Waals surface area contributed by atoms with Gasteiger partial charge in [-0.3, -0.25) is 14.5 Å². The zero-order valence-electron chi connectivity index (χ0n) is 9.86. The van der Waals surface area contributed by atoms with Crippen LogP contribution in [0.25, 0.3) is 11.3 Å². The highest BCUT2D eigenvalue weighted by atomic mass is 19.1. The Morgan fingerprint density at radius 1 is 1.41 bits per heavy atom. The number of rotatable bonds is 2. The van der Waals surface area contributed by atoms with E-state index in [4.69, 9.17) is 0 Å². The van der Waals surface area contributed by atoms with Gasteiger partial charge in [0, 0.05) is 24.4 Å². The molecule has 2 heterocycles. The summed E-state index contributed by atoms with van der Waals surface area (Å²) in [7, 11) is 1.72. The summed E-state index contributed by atoms with van der Waals surface area (Å²) in [5.41, 5.74) is 2.77. The average molecular weight is 233 g/mol. The van der Waals surface area contributed by atoms with Crippen molar-refractivity contribution >= 4 is 6.29 Å². The Balaban J connectivity index is 2.63. The van der Waals surface area contributed by atoms with Crippen LogP contribution in [-0.4, -0.2) is 21.1 Å². The van der Waals surface area contributed by atoms with Crippen molar-refractivity contribution in [3.05, 3.63) is 35.0 Å². The van der Waals surface area contributed by atoms with Gasteiger partial charge >= 0.3 is 0 Å². The van der Waals surface area contributed by atoms with Crippen LogP contribution in [0, 0.1) is 19.7 Å². The van der Waals surface area contributed by atoms with E-state index in [0.717, 1.165) is 5.56 Å². The van der Waals surface area contributed by atoms with E-state index in [0.29, 0.717) is 28.9 Å². The van der Waals surface area contributed by atoms with E-state index < -0.39 is 0 Å². The summed E-state index contributed by atoms with van der Waals surface area (Å²) in [6.07, 6.45) is 2.27. The molecule has 4 nitrogen and oxygen atoms in total. The lowest BCUT2D eigenvalue weighted by atomic mass is 10.1. The molecule has 0 unspecified atom stereocenters. The molecule has 88 valence electrons.